The zero-order chi connectivity index (χ0) is 17.5. The van der Waals surface area contributed by atoms with Crippen molar-refractivity contribution in [1.29, 1.82) is 10.8 Å². The van der Waals surface area contributed by atoms with Gasteiger partial charge in [0.15, 0.2) is 0 Å². The molecule has 1 atom stereocenters. The molecule has 0 amide bonds. The molecule has 130 valence electrons. The third-order valence-electron chi connectivity index (χ3n) is 4.08. The number of rotatable bonds is 8. The van der Waals surface area contributed by atoms with Gasteiger partial charge in [0.05, 0.1) is 13.2 Å². The zero-order valence-electron chi connectivity index (χ0n) is 14.0. The maximum atomic E-state index is 7.83. The summed E-state index contributed by atoms with van der Waals surface area (Å²) >= 11 is 0. The Kier molecular flexibility index (Phi) is 5.80. The van der Waals surface area contributed by atoms with Gasteiger partial charge in [-0.15, -0.1) is 0 Å². The average Bonchev–Trinajstić information content (AvgIpc) is 3.15. The standard InChI is InChI=1S/C20H22N2O3/c21-11-9-20(22)16-1-3-18(4-2-16)25-19-7-5-17(6-8-19)24-14-15-10-12-23-13-15/h1-8,11,15,21-22H,9-10,12-14H2. The number of benzene rings is 2. The van der Waals surface area contributed by atoms with Crippen molar-refractivity contribution in [3.8, 4) is 17.2 Å². The summed E-state index contributed by atoms with van der Waals surface area (Å²) < 4.78 is 16.9. The molecule has 0 aliphatic carbocycles. The van der Waals surface area contributed by atoms with E-state index < -0.39 is 0 Å². The van der Waals surface area contributed by atoms with Gasteiger partial charge < -0.3 is 25.0 Å². The molecular weight excluding hydrogens is 316 g/mol. The van der Waals surface area contributed by atoms with Crippen molar-refractivity contribution < 1.29 is 14.2 Å². The van der Waals surface area contributed by atoms with Crippen molar-refractivity contribution in [3.05, 3.63) is 54.1 Å². The lowest BCUT2D eigenvalue weighted by Gasteiger charge is -2.11. The first kappa shape index (κ1) is 17.2. The summed E-state index contributed by atoms with van der Waals surface area (Å²) in [6.45, 7) is 2.30. The van der Waals surface area contributed by atoms with Crippen molar-refractivity contribution in [3.63, 3.8) is 0 Å². The highest BCUT2D eigenvalue weighted by Gasteiger charge is 2.16. The van der Waals surface area contributed by atoms with E-state index in [4.69, 9.17) is 25.0 Å². The van der Waals surface area contributed by atoms with Crippen LogP contribution >= 0.6 is 0 Å². The van der Waals surface area contributed by atoms with Gasteiger partial charge in [0.25, 0.3) is 0 Å². The van der Waals surface area contributed by atoms with Gasteiger partial charge in [-0.1, -0.05) is 0 Å². The van der Waals surface area contributed by atoms with Gasteiger partial charge in [0, 0.05) is 30.9 Å². The van der Waals surface area contributed by atoms with Crippen LogP contribution in [0.2, 0.25) is 0 Å². The normalized spacial score (nSPS) is 16.4. The van der Waals surface area contributed by atoms with E-state index in [1.165, 1.54) is 6.21 Å². The summed E-state index contributed by atoms with van der Waals surface area (Å²) in [5.41, 5.74) is 1.23. The van der Waals surface area contributed by atoms with E-state index in [2.05, 4.69) is 0 Å². The summed E-state index contributed by atoms with van der Waals surface area (Å²) in [6.07, 6.45) is 2.64. The zero-order valence-corrected chi connectivity index (χ0v) is 14.0. The van der Waals surface area contributed by atoms with E-state index in [-0.39, 0.29) is 0 Å². The fraction of sp³-hybridized carbons (Fsp3) is 0.300. The predicted octanol–water partition coefficient (Wildman–Crippen LogP) is 4.30. The lowest BCUT2D eigenvalue weighted by atomic mass is 10.1. The minimum absolute atomic E-state index is 0.342. The van der Waals surface area contributed by atoms with Gasteiger partial charge in [-0.25, -0.2) is 0 Å². The van der Waals surface area contributed by atoms with Crippen molar-refractivity contribution in [2.45, 2.75) is 12.8 Å². The minimum atomic E-state index is 0.342. The molecule has 3 rings (SSSR count). The minimum Gasteiger partial charge on any atom is -0.493 e. The Morgan fingerprint density at radius 3 is 2.28 bits per heavy atom. The number of hydrogen-bond donors (Lipinski definition) is 2. The maximum Gasteiger partial charge on any atom is 0.127 e. The van der Waals surface area contributed by atoms with E-state index in [0.29, 0.717) is 30.4 Å². The van der Waals surface area contributed by atoms with Crippen LogP contribution in [0.1, 0.15) is 18.4 Å². The molecule has 2 aromatic rings. The van der Waals surface area contributed by atoms with Gasteiger partial charge >= 0.3 is 0 Å². The van der Waals surface area contributed by atoms with Crippen LogP contribution in [0, 0.1) is 16.7 Å². The van der Waals surface area contributed by atoms with Crippen LogP contribution in [0.5, 0.6) is 17.2 Å². The van der Waals surface area contributed by atoms with Crippen LogP contribution in [0.15, 0.2) is 48.5 Å². The Morgan fingerprint density at radius 1 is 1.04 bits per heavy atom. The predicted molar refractivity (Wildman–Crippen MR) is 97.6 cm³/mol. The molecule has 0 aromatic heterocycles. The molecule has 0 saturated carbocycles. The lowest BCUT2D eigenvalue weighted by Crippen LogP contribution is -2.11. The molecule has 0 radical (unpaired) electrons. The molecule has 1 aliphatic rings. The van der Waals surface area contributed by atoms with Crippen LogP contribution in [-0.2, 0) is 4.74 Å². The molecule has 1 heterocycles. The van der Waals surface area contributed by atoms with Crippen molar-refractivity contribution in [2.75, 3.05) is 19.8 Å². The van der Waals surface area contributed by atoms with Gasteiger partial charge in [-0.3, -0.25) is 0 Å². The summed E-state index contributed by atoms with van der Waals surface area (Å²) in [5, 5.41) is 14.9. The molecule has 2 aromatic carbocycles. The van der Waals surface area contributed by atoms with Crippen LogP contribution in [-0.4, -0.2) is 31.7 Å². The molecule has 1 unspecified atom stereocenters. The Balaban J connectivity index is 1.53. The number of hydrogen-bond acceptors (Lipinski definition) is 5. The highest BCUT2D eigenvalue weighted by atomic mass is 16.5. The van der Waals surface area contributed by atoms with Crippen LogP contribution in [0.25, 0.3) is 0 Å². The Hall–Kier alpha value is -2.66. The fourth-order valence-corrected chi connectivity index (χ4v) is 2.61. The van der Waals surface area contributed by atoms with Crippen LogP contribution in [0.4, 0.5) is 0 Å². The summed E-state index contributed by atoms with van der Waals surface area (Å²) in [5.74, 6) is 2.76. The molecule has 0 bridgehead atoms. The highest BCUT2D eigenvalue weighted by molar-refractivity contribution is 6.04. The van der Waals surface area contributed by atoms with E-state index in [1.807, 2.05) is 48.5 Å². The third-order valence-corrected chi connectivity index (χ3v) is 4.08. The first-order valence-corrected chi connectivity index (χ1v) is 8.40. The summed E-state index contributed by atoms with van der Waals surface area (Å²) in [4.78, 5) is 0. The van der Waals surface area contributed by atoms with Gasteiger partial charge in [0.1, 0.15) is 17.2 Å². The summed E-state index contributed by atoms with van der Waals surface area (Å²) in [6, 6.07) is 14.9. The van der Waals surface area contributed by atoms with Crippen molar-refractivity contribution in [2.24, 2.45) is 5.92 Å². The van der Waals surface area contributed by atoms with E-state index in [9.17, 15) is 0 Å². The maximum absolute atomic E-state index is 7.83. The van der Waals surface area contributed by atoms with Crippen molar-refractivity contribution >= 4 is 11.9 Å². The van der Waals surface area contributed by atoms with E-state index >= 15 is 0 Å². The first-order valence-electron chi connectivity index (χ1n) is 8.40. The molecule has 0 spiro atoms. The largest absolute Gasteiger partial charge is 0.493 e. The second-order valence-electron chi connectivity index (χ2n) is 6.03. The Labute approximate surface area is 147 Å². The SMILES string of the molecule is N=CCC(=N)c1ccc(Oc2ccc(OCC3CCOC3)cc2)cc1. The van der Waals surface area contributed by atoms with Gasteiger partial charge in [-0.05, 0) is 60.5 Å². The number of ether oxygens (including phenoxy) is 3. The molecular formula is C20H22N2O3. The average molecular weight is 338 g/mol. The smallest absolute Gasteiger partial charge is 0.127 e. The monoisotopic (exact) mass is 338 g/mol. The van der Waals surface area contributed by atoms with Crippen molar-refractivity contribution in [1.82, 2.24) is 0 Å². The van der Waals surface area contributed by atoms with Crippen LogP contribution < -0.4 is 9.47 Å². The molecule has 1 aliphatic heterocycles. The quantitative estimate of drug-likeness (QED) is 0.705. The fourth-order valence-electron chi connectivity index (χ4n) is 2.61. The van der Waals surface area contributed by atoms with Crippen LogP contribution in [0.3, 0.4) is 0 Å². The first-order chi connectivity index (χ1) is 12.2. The lowest BCUT2D eigenvalue weighted by molar-refractivity contribution is 0.167. The molecule has 5 nitrogen and oxygen atoms in total. The topological polar surface area (TPSA) is 75.4 Å². The van der Waals surface area contributed by atoms with Gasteiger partial charge in [0.2, 0.25) is 0 Å². The molecule has 1 saturated heterocycles. The second-order valence-corrected chi connectivity index (χ2v) is 6.03. The Bertz CT molecular complexity index is 705. The third kappa shape index (κ3) is 4.90. The summed E-state index contributed by atoms with van der Waals surface area (Å²) in [7, 11) is 0. The molecule has 25 heavy (non-hydrogen) atoms. The molecule has 1 fully saturated rings. The molecule has 2 N–H and O–H groups in total. The van der Waals surface area contributed by atoms with E-state index in [0.717, 1.165) is 36.7 Å². The second kappa shape index (κ2) is 8.44. The van der Waals surface area contributed by atoms with E-state index in [1.54, 1.807) is 0 Å². The highest BCUT2D eigenvalue weighted by Crippen LogP contribution is 2.25. The Morgan fingerprint density at radius 2 is 1.68 bits per heavy atom. The van der Waals surface area contributed by atoms with Gasteiger partial charge in [-0.2, -0.15) is 0 Å². The number of nitrogens with one attached hydrogen (secondary N) is 2. The molecule has 5 heteroatoms.